The van der Waals surface area contributed by atoms with Crippen molar-refractivity contribution in [3.05, 3.63) is 47.3 Å². The Labute approximate surface area is 108 Å². The highest BCUT2D eigenvalue weighted by Crippen LogP contribution is 2.26. The van der Waals surface area contributed by atoms with E-state index in [1.807, 2.05) is 19.1 Å². The van der Waals surface area contributed by atoms with Gasteiger partial charge in [-0.1, -0.05) is 23.8 Å². The fourth-order valence-corrected chi connectivity index (χ4v) is 2.55. The second kappa shape index (κ2) is 5.63. The molecule has 1 aromatic carbocycles. The van der Waals surface area contributed by atoms with Gasteiger partial charge < -0.3 is 5.73 Å². The van der Waals surface area contributed by atoms with Gasteiger partial charge in [0, 0.05) is 25.2 Å². The minimum Gasteiger partial charge on any atom is -0.326 e. The Morgan fingerprint density at radius 1 is 1.28 bits per heavy atom. The Hall–Kier alpha value is -1.19. The highest BCUT2D eigenvalue weighted by molar-refractivity contribution is 5.22. The topological polar surface area (TPSA) is 29.3 Å². The molecule has 0 saturated carbocycles. The average molecular weight is 248 g/mol. The first kappa shape index (κ1) is 13.2. The number of nitrogens with zero attached hydrogens (tertiary/aromatic N) is 1. The SMILES string of the molecule is CC1=CCN(C(c2ccc(F)cc2)C(C)N)CC1. The van der Waals surface area contributed by atoms with Crippen molar-refractivity contribution in [2.45, 2.75) is 32.4 Å². The minimum atomic E-state index is -0.198. The van der Waals surface area contributed by atoms with Gasteiger partial charge >= 0.3 is 0 Å². The zero-order valence-electron chi connectivity index (χ0n) is 11.1. The van der Waals surface area contributed by atoms with Crippen LogP contribution in [0, 0.1) is 5.82 Å². The molecule has 0 aliphatic carbocycles. The molecule has 3 heteroatoms. The molecular formula is C15H21FN2. The van der Waals surface area contributed by atoms with Crippen molar-refractivity contribution in [2.24, 2.45) is 5.73 Å². The maximum absolute atomic E-state index is 13.0. The Morgan fingerprint density at radius 2 is 1.94 bits per heavy atom. The van der Waals surface area contributed by atoms with Crippen LogP contribution in [0.4, 0.5) is 4.39 Å². The van der Waals surface area contributed by atoms with Crippen molar-refractivity contribution in [3.8, 4) is 0 Å². The fourth-order valence-electron chi connectivity index (χ4n) is 2.55. The number of hydrogen-bond donors (Lipinski definition) is 1. The largest absolute Gasteiger partial charge is 0.326 e. The van der Waals surface area contributed by atoms with E-state index in [0.29, 0.717) is 0 Å². The molecule has 0 aromatic heterocycles. The Morgan fingerprint density at radius 3 is 2.44 bits per heavy atom. The molecule has 1 aliphatic heterocycles. The lowest BCUT2D eigenvalue weighted by Gasteiger charge is -2.36. The third-order valence-corrected chi connectivity index (χ3v) is 3.57. The molecule has 2 atom stereocenters. The summed E-state index contributed by atoms with van der Waals surface area (Å²) in [7, 11) is 0. The van der Waals surface area contributed by atoms with E-state index in [0.717, 1.165) is 25.1 Å². The second-order valence-electron chi connectivity index (χ2n) is 5.15. The van der Waals surface area contributed by atoms with Crippen LogP contribution in [0.25, 0.3) is 0 Å². The molecule has 2 N–H and O–H groups in total. The highest BCUT2D eigenvalue weighted by atomic mass is 19.1. The van der Waals surface area contributed by atoms with Gasteiger partial charge in [-0.15, -0.1) is 0 Å². The van der Waals surface area contributed by atoms with Gasteiger partial charge in [0.2, 0.25) is 0 Å². The van der Waals surface area contributed by atoms with Crippen LogP contribution in [-0.4, -0.2) is 24.0 Å². The van der Waals surface area contributed by atoms with Gasteiger partial charge in [0.15, 0.2) is 0 Å². The van der Waals surface area contributed by atoms with E-state index in [-0.39, 0.29) is 17.9 Å². The molecule has 0 radical (unpaired) electrons. The van der Waals surface area contributed by atoms with Crippen molar-refractivity contribution in [3.63, 3.8) is 0 Å². The predicted molar refractivity (Wildman–Crippen MR) is 72.7 cm³/mol. The molecule has 0 fully saturated rings. The van der Waals surface area contributed by atoms with Crippen LogP contribution in [0.1, 0.15) is 31.9 Å². The molecule has 0 amide bonds. The molecule has 0 bridgehead atoms. The quantitative estimate of drug-likeness (QED) is 0.833. The molecule has 2 rings (SSSR count). The summed E-state index contributed by atoms with van der Waals surface area (Å²) in [4.78, 5) is 2.37. The van der Waals surface area contributed by atoms with Gasteiger partial charge in [-0.3, -0.25) is 4.90 Å². The van der Waals surface area contributed by atoms with Crippen molar-refractivity contribution in [1.29, 1.82) is 0 Å². The lowest BCUT2D eigenvalue weighted by atomic mass is 9.97. The van der Waals surface area contributed by atoms with Crippen LogP contribution < -0.4 is 5.73 Å². The van der Waals surface area contributed by atoms with Gasteiger partial charge in [-0.2, -0.15) is 0 Å². The standard InChI is InChI=1S/C15H21FN2/c1-11-7-9-18(10-8-11)15(12(2)17)13-3-5-14(16)6-4-13/h3-7,12,15H,8-10,17H2,1-2H3. The first-order chi connectivity index (χ1) is 8.58. The van der Waals surface area contributed by atoms with Crippen LogP contribution >= 0.6 is 0 Å². The Balaban J connectivity index is 2.21. The predicted octanol–water partition coefficient (Wildman–Crippen LogP) is 2.87. The molecule has 1 aromatic rings. The first-order valence-electron chi connectivity index (χ1n) is 6.48. The van der Waals surface area contributed by atoms with Crippen molar-refractivity contribution >= 4 is 0 Å². The van der Waals surface area contributed by atoms with Crippen LogP contribution in [0.2, 0.25) is 0 Å². The van der Waals surface area contributed by atoms with Crippen LogP contribution in [0.5, 0.6) is 0 Å². The molecule has 2 unspecified atom stereocenters. The van der Waals surface area contributed by atoms with Crippen molar-refractivity contribution < 1.29 is 4.39 Å². The molecule has 1 heterocycles. The third-order valence-electron chi connectivity index (χ3n) is 3.57. The molecular weight excluding hydrogens is 227 g/mol. The highest BCUT2D eigenvalue weighted by Gasteiger charge is 2.24. The Kier molecular flexibility index (Phi) is 4.15. The maximum Gasteiger partial charge on any atom is 0.123 e. The first-order valence-corrected chi connectivity index (χ1v) is 6.48. The summed E-state index contributed by atoms with van der Waals surface area (Å²) in [5.74, 6) is -0.198. The van der Waals surface area contributed by atoms with Gasteiger partial charge in [0.1, 0.15) is 5.82 Å². The van der Waals surface area contributed by atoms with Crippen molar-refractivity contribution in [2.75, 3.05) is 13.1 Å². The van der Waals surface area contributed by atoms with Crippen LogP contribution in [0.3, 0.4) is 0 Å². The molecule has 98 valence electrons. The number of nitrogens with two attached hydrogens (primary N) is 1. The molecule has 0 saturated heterocycles. The van der Waals surface area contributed by atoms with Crippen LogP contribution in [-0.2, 0) is 0 Å². The van der Waals surface area contributed by atoms with E-state index in [1.54, 1.807) is 0 Å². The number of hydrogen-bond acceptors (Lipinski definition) is 2. The summed E-state index contributed by atoms with van der Waals surface area (Å²) < 4.78 is 13.0. The monoisotopic (exact) mass is 248 g/mol. The zero-order chi connectivity index (χ0) is 13.1. The third kappa shape index (κ3) is 2.98. The summed E-state index contributed by atoms with van der Waals surface area (Å²) in [6, 6.07) is 6.89. The summed E-state index contributed by atoms with van der Waals surface area (Å²) in [5, 5.41) is 0. The normalized spacial score (nSPS) is 20.3. The summed E-state index contributed by atoms with van der Waals surface area (Å²) in [6.07, 6.45) is 3.34. The van der Waals surface area contributed by atoms with Gasteiger partial charge in [-0.25, -0.2) is 4.39 Å². The van der Waals surface area contributed by atoms with Gasteiger partial charge in [0.05, 0.1) is 0 Å². The second-order valence-corrected chi connectivity index (χ2v) is 5.15. The maximum atomic E-state index is 13.0. The van der Waals surface area contributed by atoms with E-state index in [2.05, 4.69) is 17.9 Å². The number of benzene rings is 1. The fraction of sp³-hybridized carbons (Fsp3) is 0.467. The summed E-state index contributed by atoms with van der Waals surface area (Å²) in [6.45, 7) is 6.12. The molecule has 2 nitrogen and oxygen atoms in total. The van der Waals surface area contributed by atoms with E-state index in [4.69, 9.17) is 5.73 Å². The number of halogens is 1. The molecule has 1 aliphatic rings. The smallest absolute Gasteiger partial charge is 0.123 e. The van der Waals surface area contributed by atoms with E-state index in [9.17, 15) is 4.39 Å². The van der Waals surface area contributed by atoms with Crippen LogP contribution in [0.15, 0.2) is 35.9 Å². The zero-order valence-corrected chi connectivity index (χ0v) is 11.1. The van der Waals surface area contributed by atoms with E-state index >= 15 is 0 Å². The van der Waals surface area contributed by atoms with Gasteiger partial charge in [-0.05, 0) is 38.0 Å². The lowest BCUT2D eigenvalue weighted by Crippen LogP contribution is -2.41. The summed E-state index contributed by atoms with van der Waals surface area (Å²) >= 11 is 0. The van der Waals surface area contributed by atoms with E-state index in [1.165, 1.54) is 17.7 Å². The average Bonchev–Trinajstić information content (AvgIpc) is 2.34. The van der Waals surface area contributed by atoms with Crippen molar-refractivity contribution in [1.82, 2.24) is 4.90 Å². The Bertz CT molecular complexity index is 423. The lowest BCUT2D eigenvalue weighted by molar-refractivity contribution is 0.190. The summed E-state index contributed by atoms with van der Waals surface area (Å²) in [5.41, 5.74) is 8.65. The number of rotatable bonds is 3. The minimum absolute atomic E-state index is 0.0299. The molecule has 0 spiro atoms. The van der Waals surface area contributed by atoms with E-state index < -0.39 is 0 Å². The molecule has 18 heavy (non-hydrogen) atoms. The van der Waals surface area contributed by atoms with Gasteiger partial charge in [0.25, 0.3) is 0 Å².